The van der Waals surface area contributed by atoms with E-state index in [2.05, 4.69) is 15.3 Å². The van der Waals surface area contributed by atoms with Crippen molar-refractivity contribution >= 4 is 17.1 Å². The lowest BCUT2D eigenvalue weighted by molar-refractivity contribution is 0.0944. The molecule has 0 bridgehead atoms. The van der Waals surface area contributed by atoms with Crippen LogP contribution in [0.5, 0.6) is 0 Å². The molecule has 6 heteroatoms. The topological polar surface area (TPSA) is 76.9 Å². The summed E-state index contributed by atoms with van der Waals surface area (Å²) in [5, 5.41) is 2.84. The van der Waals surface area contributed by atoms with Crippen molar-refractivity contribution in [1.29, 1.82) is 0 Å². The number of nitrogens with zero attached hydrogens (tertiary/aromatic N) is 3. The second-order valence-electron chi connectivity index (χ2n) is 6.25. The van der Waals surface area contributed by atoms with Gasteiger partial charge in [0.15, 0.2) is 11.3 Å². The Morgan fingerprint density at radius 2 is 1.96 bits per heavy atom. The summed E-state index contributed by atoms with van der Waals surface area (Å²) in [6, 6.07) is 13.6. The Morgan fingerprint density at radius 1 is 1.16 bits per heavy atom. The minimum Gasteiger partial charge on any atom is -0.348 e. The highest BCUT2D eigenvalue weighted by Gasteiger charge is 2.26. The van der Waals surface area contributed by atoms with Crippen LogP contribution in [0, 0.1) is 0 Å². The van der Waals surface area contributed by atoms with Gasteiger partial charge in [0, 0.05) is 18.8 Å². The number of fused-ring (bicyclic) bond motifs is 1. The maximum absolute atomic E-state index is 12.8. The van der Waals surface area contributed by atoms with E-state index in [1.807, 2.05) is 30.3 Å². The van der Waals surface area contributed by atoms with Crippen molar-refractivity contribution in [2.24, 2.45) is 0 Å². The first-order valence-corrected chi connectivity index (χ1v) is 8.43. The molecule has 25 heavy (non-hydrogen) atoms. The summed E-state index contributed by atoms with van der Waals surface area (Å²) in [5.74, 6) is -0.397. The van der Waals surface area contributed by atoms with Crippen molar-refractivity contribution in [3.8, 4) is 0 Å². The van der Waals surface area contributed by atoms with E-state index in [9.17, 15) is 9.59 Å². The molecule has 0 radical (unpaired) electrons. The van der Waals surface area contributed by atoms with E-state index in [0.717, 1.165) is 18.4 Å². The molecule has 1 aliphatic rings. The first-order valence-electron chi connectivity index (χ1n) is 8.43. The fraction of sp³-hybridized carbons (Fsp3) is 0.263. The van der Waals surface area contributed by atoms with Crippen molar-refractivity contribution in [1.82, 2.24) is 19.9 Å². The summed E-state index contributed by atoms with van der Waals surface area (Å²) in [7, 11) is 0. The highest BCUT2D eigenvalue weighted by atomic mass is 16.2. The molecule has 0 spiro atoms. The van der Waals surface area contributed by atoms with Crippen LogP contribution in [0.2, 0.25) is 0 Å². The van der Waals surface area contributed by atoms with Gasteiger partial charge in [-0.15, -0.1) is 0 Å². The van der Waals surface area contributed by atoms with E-state index < -0.39 is 5.91 Å². The Balaban J connectivity index is 1.73. The van der Waals surface area contributed by atoms with Crippen LogP contribution in [0.4, 0.5) is 0 Å². The zero-order valence-corrected chi connectivity index (χ0v) is 13.7. The van der Waals surface area contributed by atoms with Gasteiger partial charge in [0.05, 0.1) is 0 Å². The second kappa shape index (κ2) is 6.47. The van der Waals surface area contributed by atoms with E-state index in [-0.39, 0.29) is 17.3 Å². The monoisotopic (exact) mass is 334 g/mol. The lowest BCUT2D eigenvalue weighted by Crippen LogP contribution is -2.36. The van der Waals surface area contributed by atoms with Gasteiger partial charge in [0.25, 0.3) is 11.5 Å². The number of aromatic nitrogens is 3. The van der Waals surface area contributed by atoms with E-state index in [0.29, 0.717) is 24.1 Å². The Hall–Kier alpha value is -3.02. The number of hydrogen-bond acceptors (Lipinski definition) is 4. The first-order chi connectivity index (χ1) is 12.2. The predicted octanol–water partition coefficient (Wildman–Crippen LogP) is 1.93. The molecule has 0 saturated heterocycles. The second-order valence-corrected chi connectivity index (χ2v) is 6.25. The SMILES string of the molecule is O=C(NC1CC1)c1nc2cccnc2n(CCc2ccccc2)c1=O. The number of amides is 1. The Kier molecular flexibility index (Phi) is 4.01. The smallest absolute Gasteiger partial charge is 0.283 e. The summed E-state index contributed by atoms with van der Waals surface area (Å²) in [6.45, 7) is 0.447. The number of carbonyl (C=O) groups is 1. The van der Waals surface area contributed by atoms with Gasteiger partial charge in [-0.25, -0.2) is 9.97 Å². The highest BCUT2D eigenvalue weighted by molar-refractivity contribution is 5.93. The molecule has 2 aromatic heterocycles. The Bertz CT molecular complexity index is 978. The van der Waals surface area contributed by atoms with Crippen LogP contribution >= 0.6 is 0 Å². The third-order valence-corrected chi connectivity index (χ3v) is 4.30. The van der Waals surface area contributed by atoms with Crippen molar-refractivity contribution in [2.75, 3.05) is 0 Å². The molecule has 126 valence electrons. The largest absolute Gasteiger partial charge is 0.348 e. The molecule has 0 aliphatic heterocycles. The van der Waals surface area contributed by atoms with Crippen LogP contribution in [-0.4, -0.2) is 26.5 Å². The minimum absolute atomic E-state index is 0.0551. The molecule has 0 unspecified atom stereocenters. The van der Waals surface area contributed by atoms with Gasteiger partial charge in [-0.3, -0.25) is 14.2 Å². The predicted molar refractivity (Wildman–Crippen MR) is 94.4 cm³/mol. The number of aryl methyl sites for hydroxylation is 2. The van der Waals surface area contributed by atoms with E-state index in [4.69, 9.17) is 0 Å². The van der Waals surface area contributed by atoms with Crippen molar-refractivity contribution in [3.63, 3.8) is 0 Å². The molecule has 0 atom stereocenters. The average Bonchev–Trinajstić information content (AvgIpc) is 3.45. The number of rotatable bonds is 5. The van der Waals surface area contributed by atoms with Crippen LogP contribution in [0.1, 0.15) is 28.9 Å². The molecule has 4 rings (SSSR count). The first kappa shape index (κ1) is 15.5. The maximum Gasteiger partial charge on any atom is 0.283 e. The summed E-state index contributed by atoms with van der Waals surface area (Å²) in [5.41, 5.74) is 1.74. The molecular formula is C19H18N4O2. The van der Waals surface area contributed by atoms with Crippen LogP contribution < -0.4 is 10.9 Å². The maximum atomic E-state index is 12.8. The number of hydrogen-bond donors (Lipinski definition) is 1. The third kappa shape index (κ3) is 3.28. The van der Waals surface area contributed by atoms with Crippen LogP contribution in [0.3, 0.4) is 0 Å². The third-order valence-electron chi connectivity index (χ3n) is 4.30. The summed E-state index contributed by atoms with van der Waals surface area (Å²) >= 11 is 0. The molecule has 1 N–H and O–H groups in total. The van der Waals surface area contributed by atoms with Gasteiger partial charge in [0.2, 0.25) is 0 Å². The van der Waals surface area contributed by atoms with Gasteiger partial charge in [-0.2, -0.15) is 0 Å². The molecule has 1 aliphatic carbocycles. The van der Waals surface area contributed by atoms with Gasteiger partial charge < -0.3 is 5.32 Å². The lowest BCUT2D eigenvalue weighted by atomic mass is 10.1. The van der Waals surface area contributed by atoms with Gasteiger partial charge >= 0.3 is 0 Å². The molecule has 2 heterocycles. The van der Waals surface area contributed by atoms with Crippen molar-refractivity contribution < 1.29 is 4.79 Å². The zero-order valence-electron chi connectivity index (χ0n) is 13.7. The van der Waals surface area contributed by atoms with Crippen molar-refractivity contribution in [2.45, 2.75) is 31.8 Å². The molecule has 1 saturated carbocycles. The zero-order chi connectivity index (χ0) is 17.2. The van der Waals surface area contributed by atoms with Crippen LogP contribution in [-0.2, 0) is 13.0 Å². The normalized spacial score (nSPS) is 13.8. The average molecular weight is 334 g/mol. The molecule has 3 aromatic rings. The number of benzene rings is 1. The molecule has 1 aromatic carbocycles. The Morgan fingerprint density at radius 3 is 2.72 bits per heavy atom. The van der Waals surface area contributed by atoms with Crippen molar-refractivity contribution in [3.05, 3.63) is 70.3 Å². The van der Waals surface area contributed by atoms with Gasteiger partial charge in [0.1, 0.15) is 5.52 Å². The fourth-order valence-corrected chi connectivity index (χ4v) is 2.80. The van der Waals surface area contributed by atoms with Gasteiger partial charge in [-0.1, -0.05) is 30.3 Å². The number of pyridine rings is 1. The summed E-state index contributed by atoms with van der Waals surface area (Å²) in [6.07, 6.45) is 4.23. The molecule has 1 fully saturated rings. The van der Waals surface area contributed by atoms with E-state index in [1.165, 1.54) is 0 Å². The lowest BCUT2D eigenvalue weighted by Gasteiger charge is -2.11. The quantitative estimate of drug-likeness (QED) is 0.773. The standard InChI is InChI=1S/C19H18N4O2/c24-18(21-14-8-9-14)16-19(25)23(12-10-13-5-2-1-3-6-13)17-15(22-16)7-4-11-20-17/h1-7,11,14H,8-10,12H2,(H,21,24). The van der Waals surface area contributed by atoms with Crippen LogP contribution in [0.15, 0.2) is 53.5 Å². The van der Waals surface area contributed by atoms with E-state index >= 15 is 0 Å². The van der Waals surface area contributed by atoms with Crippen LogP contribution in [0.25, 0.3) is 11.2 Å². The Labute approximate surface area is 144 Å². The summed E-state index contributed by atoms with van der Waals surface area (Å²) in [4.78, 5) is 33.8. The summed E-state index contributed by atoms with van der Waals surface area (Å²) < 4.78 is 1.55. The molecule has 6 nitrogen and oxygen atoms in total. The highest BCUT2D eigenvalue weighted by Crippen LogP contribution is 2.19. The fourth-order valence-electron chi connectivity index (χ4n) is 2.80. The number of nitrogens with one attached hydrogen (secondary N) is 1. The van der Waals surface area contributed by atoms with Gasteiger partial charge in [-0.05, 0) is 37.0 Å². The van der Waals surface area contributed by atoms with E-state index in [1.54, 1.807) is 22.9 Å². The molecular weight excluding hydrogens is 316 g/mol. The minimum atomic E-state index is -0.397. The number of carbonyl (C=O) groups excluding carboxylic acids is 1. The molecule has 1 amide bonds.